The zero-order valence-corrected chi connectivity index (χ0v) is 28.1. The third-order valence-electron chi connectivity index (χ3n) is 9.50. The zero-order chi connectivity index (χ0) is 36.7. The number of nitrogens with zero attached hydrogens (tertiary/aromatic N) is 2. The Morgan fingerprint density at radius 3 is 2.62 bits per heavy atom. The number of amides is 2. The molecule has 2 aromatic heterocycles. The summed E-state index contributed by atoms with van der Waals surface area (Å²) in [7, 11) is 1.43. The summed E-state index contributed by atoms with van der Waals surface area (Å²) in [6.45, 7) is 0.695. The van der Waals surface area contributed by atoms with Gasteiger partial charge >= 0.3 is 6.29 Å². The van der Waals surface area contributed by atoms with Crippen molar-refractivity contribution in [2.45, 2.75) is 43.0 Å². The summed E-state index contributed by atoms with van der Waals surface area (Å²) < 4.78 is 69.3. The van der Waals surface area contributed by atoms with Gasteiger partial charge in [-0.3, -0.25) is 9.59 Å². The average Bonchev–Trinajstić information content (AvgIpc) is 3.65. The van der Waals surface area contributed by atoms with Gasteiger partial charge in [0.15, 0.2) is 28.5 Å². The Balaban J connectivity index is 1.25. The van der Waals surface area contributed by atoms with Crippen LogP contribution in [0.2, 0.25) is 5.02 Å². The number of carbonyl (C=O) groups excluding carboxylic acids is 2. The standard InChI is InChI=1S/C36H28ClF3N4O8/c1-34(33(41)46)15-49-29-21(34)13-25(43-27(29)20-8-9-22-30(26(20)37)52-36(39,40)51-22)35(47,18-4-3-5-19(38)12-18)14-42-31(45)17-10-23(48-2)28-24(11-17)50-32(44-28)16-6-7-16/h3-5,8-13,16,47H,6-7,14-15H2,1-2H3,(H2,41,46)(H,42,45)/t34-,35+/m0/s1. The highest BCUT2D eigenvalue weighted by Crippen LogP contribution is 2.53. The maximum Gasteiger partial charge on any atom is 0.586 e. The van der Waals surface area contributed by atoms with E-state index < -0.39 is 47.2 Å². The Bertz CT molecular complexity index is 2330. The van der Waals surface area contributed by atoms with E-state index in [0.717, 1.165) is 18.9 Å². The Hall–Kier alpha value is -5.54. The van der Waals surface area contributed by atoms with Crippen molar-refractivity contribution in [1.29, 1.82) is 0 Å². The molecule has 1 aliphatic carbocycles. The Labute approximate surface area is 297 Å². The predicted molar refractivity (Wildman–Crippen MR) is 177 cm³/mol. The molecule has 2 aliphatic heterocycles. The predicted octanol–water partition coefficient (Wildman–Crippen LogP) is 5.69. The number of primary amides is 1. The third kappa shape index (κ3) is 5.42. The highest BCUT2D eigenvalue weighted by molar-refractivity contribution is 6.35. The maximum atomic E-state index is 14.8. The summed E-state index contributed by atoms with van der Waals surface area (Å²) >= 11 is 6.60. The highest BCUT2D eigenvalue weighted by atomic mass is 35.5. The minimum atomic E-state index is -3.99. The number of nitrogens with two attached hydrogens (primary N) is 1. The number of halogens is 4. The number of carbonyl (C=O) groups is 2. The molecule has 8 rings (SSSR count). The Morgan fingerprint density at radius 2 is 1.90 bits per heavy atom. The van der Waals surface area contributed by atoms with E-state index in [1.54, 1.807) is 0 Å². The van der Waals surface area contributed by atoms with Crippen LogP contribution in [0.4, 0.5) is 13.2 Å². The summed E-state index contributed by atoms with van der Waals surface area (Å²) in [6, 6.07) is 11.9. The number of fused-ring (bicyclic) bond motifs is 3. The number of aliphatic hydroxyl groups is 1. The van der Waals surface area contributed by atoms with Gasteiger partial charge in [0, 0.05) is 22.6 Å². The van der Waals surface area contributed by atoms with E-state index in [0.29, 0.717) is 22.7 Å². The largest absolute Gasteiger partial charge is 0.586 e. The lowest BCUT2D eigenvalue weighted by Crippen LogP contribution is -2.43. The fraction of sp³-hybridized carbons (Fsp3) is 0.278. The van der Waals surface area contributed by atoms with Crippen LogP contribution < -0.4 is 30.0 Å². The Morgan fingerprint density at radius 1 is 1.12 bits per heavy atom. The SMILES string of the molecule is COc1cc(C(=O)NC[C@@](O)(c2cccc(F)c2)c2cc3c(c(-c4ccc5c(c4Cl)OC(F)(F)O5)n2)OC[C@]3(C)C(N)=O)cc2oc(C3CC3)nc12. The number of methoxy groups -OCH3 is 1. The first-order valence-corrected chi connectivity index (χ1v) is 16.4. The van der Waals surface area contributed by atoms with Crippen LogP contribution in [-0.4, -0.2) is 53.4 Å². The molecule has 12 nitrogen and oxygen atoms in total. The van der Waals surface area contributed by atoms with E-state index in [4.69, 9.17) is 31.2 Å². The fourth-order valence-corrected chi connectivity index (χ4v) is 6.63. The molecule has 2 atom stereocenters. The average molecular weight is 737 g/mol. The number of ether oxygens (including phenoxy) is 4. The minimum Gasteiger partial charge on any atom is -0.494 e. The van der Waals surface area contributed by atoms with E-state index in [2.05, 4.69) is 24.8 Å². The number of hydrogen-bond acceptors (Lipinski definition) is 10. The molecule has 0 saturated heterocycles. The van der Waals surface area contributed by atoms with Crippen molar-refractivity contribution in [3.05, 3.63) is 93.7 Å². The molecule has 0 bridgehead atoms. The molecule has 5 aromatic rings. The zero-order valence-electron chi connectivity index (χ0n) is 27.4. The van der Waals surface area contributed by atoms with Crippen LogP contribution in [0.1, 0.15) is 58.8 Å². The molecule has 2 amide bonds. The number of rotatable bonds is 9. The van der Waals surface area contributed by atoms with Crippen LogP contribution in [0.25, 0.3) is 22.4 Å². The van der Waals surface area contributed by atoms with Crippen molar-refractivity contribution in [3.63, 3.8) is 0 Å². The number of benzene rings is 3. The van der Waals surface area contributed by atoms with Crippen molar-refractivity contribution < 1.29 is 51.2 Å². The summed E-state index contributed by atoms with van der Waals surface area (Å²) in [4.78, 5) is 35.8. The van der Waals surface area contributed by atoms with Crippen LogP contribution in [0.5, 0.6) is 23.0 Å². The molecule has 4 N–H and O–H groups in total. The minimum absolute atomic E-state index is 0.0113. The van der Waals surface area contributed by atoms with Gasteiger partial charge in [0.05, 0.1) is 24.4 Å². The molecule has 0 spiro atoms. The van der Waals surface area contributed by atoms with Gasteiger partial charge in [0.1, 0.15) is 40.6 Å². The summed E-state index contributed by atoms with van der Waals surface area (Å²) in [6.07, 6.45) is -2.09. The van der Waals surface area contributed by atoms with Crippen LogP contribution in [-0.2, 0) is 15.8 Å². The van der Waals surface area contributed by atoms with Gasteiger partial charge in [-0.25, -0.2) is 14.4 Å². The van der Waals surface area contributed by atoms with Crippen LogP contribution in [0.15, 0.2) is 59.0 Å². The maximum absolute atomic E-state index is 14.8. The second-order valence-electron chi connectivity index (χ2n) is 13.0. The number of hydrogen-bond donors (Lipinski definition) is 3. The van der Waals surface area contributed by atoms with Crippen molar-refractivity contribution >= 4 is 34.5 Å². The number of alkyl halides is 2. The lowest BCUT2D eigenvalue weighted by molar-refractivity contribution is -0.286. The van der Waals surface area contributed by atoms with Crippen molar-refractivity contribution in [2.24, 2.45) is 5.73 Å². The smallest absolute Gasteiger partial charge is 0.494 e. The van der Waals surface area contributed by atoms with Gasteiger partial charge in [0.2, 0.25) is 5.91 Å². The van der Waals surface area contributed by atoms with Crippen molar-refractivity contribution in [1.82, 2.24) is 15.3 Å². The van der Waals surface area contributed by atoms with Crippen molar-refractivity contribution in [2.75, 3.05) is 20.3 Å². The molecule has 268 valence electrons. The van der Waals surface area contributed by atoms with Gasteiger partial charge in [-0.2, -0.15) is 0 Å². The highest BCUT2D eigenvalue weighted by Gasteiger charge is 2.48. The lowest BCUT2D eigenvalue weighted by Gasteiger charge is -2.30. The molecule has 1 saturated carbocycles. The van der Waals surface area contributed by atoms with Crippen LogP contribution in [0, 0.1) is 5.82 Å². The van der Waals surface area contributed by atoms with E-state index in [1.807, 2.05) is 0 Å². The quantitative estimate of drug-likeness (QED) is 0.171. The normalized spacial score (nSPS) is 19.5. The van der Waals surface area contributed by atoms with Gasteiger partial charge in [-0.1, -0.05) is 23.7 Å². The molecule has 0 unspecified atom stereocenters. The number of oxazole rings is 1. The van der Waals surface area contributed by atoms with E-state index in [-0.39, 0.29) is 62.7 Å². The molecular weight excluding hydrogens is 709 g/mol. The van der Waals surface area contributed by atoms with Crippen LogP contribution >= 0.6 is 11.6 Å². The number of aromatic nitrogens is 2. The molecular formula is C36H28ClF3N4O8. The Kier molecular flexibility index (Phi) is 7.59. The van der Waals surface area contributed by atoms with Gasteiger partial charge in [-0.15, -0.1) is 8.78 Å². The van der Waals surface area contributed by atoms with E-state index >= 15 is 0 Å². The molecule has 1 fully saturated rings. The number of nitrogens with one attached hydrogen (secondary N) is 1. The lowest BCUT2D eigenvalue weighted by atomic mass is 9.80. The molecule has 3 aromatic carbocycles. The molecule has 16 heteroatoms. The van der Waals surface area contributed by atoms with Gasteiger partial charge in [0.25, 0.3) is 5.91 Å². The molecule has 0 radical (unpaired) electrons. The first-order valence-electron chi connectivity index (χ1n) is 16.0. The van der Waals surface area contributed by atoms with E-state index in [1.165, 1.54) is 62.6 Å². The molecule has 52 heavy (non-hydrogen) atoms. The fourth-order valence-electron chi connectivity index (χ4n) is 6.35. The topological polar surface area (TPSA) is 168 Å². The summed E-state index contributed by atoms with van der Waals surface area (Å²) in [5.74, 6) is -1.88. The number of pyridine rings is 1. The third-order valence-corrected chi connectivity index (χ3v) is 9.87. The first-order chi connectivity index (χ1) is 24.7. The first kappa shape index (κ1) is 33.6. The van der Waals surface area contributed by atoms with Crippen LogP contribution in [0.3, 0.4) is 0 Å². The van der Waals surface area contributed by atoms with Crippen molar-refractivity contribution in [3.8, 4) is 34.3 Å². The monoisotopic (exact) mass is 736 g/mol. The second kappa shape index (κ2) is 11.7. The second-order valence-corrected chi connectivity index (χ2v) is 13.4. The molecule has 3 aliphatic rings. The summed E-state index contributed by atoms with van der Waals surface area (Å²) in [5, 5.41) is 15.0. The molecule has 4 heterocycles. The summed E-state index contributed by atoms with van der Waals surface area (Å²) in [5.41, 5.74) is 2.85. The van der Waals surface area contributed by atoms with Gasteiger partial charge in [-0.05, 0) is 67.8 Å². The van der Waals surface area contributed by atoms with E-state index in [9.17, 15) is 27.9 Å². The van der Waals surface area contributed by atoms with Gasteiger partial charge < -0.3 is 39.5 Å².